The molecule has 1 aromatic carbocycles. The number of amides is 1. The van der Waals surface area contributed by atoms with Crippen molar-refractivity contribution in [2.45, 2.75) is 12.6 Å². The highest BCUT2D eigenvalue weighted by atomic mass is 16.5. The van der Waals surface area contributed by atoms with E-state index in [4.69, 9.17) is 18.9 Å². The molecule has 1 amide bonds. The summed E-state index contributed by atoms with van der Waals surface area (Å²) in [4.78, 5) is 12.1. The van der Waals surface area contributed by atoms with Crippen molar-refractivity contribution in [3.8, 4) is 17.2 Å². The second kappa shape index (κ2) is 7.86. The lowest BCUT2D eigenvalue weighted by Gasteiger charge is -2.23. The van der Waals surface area contributed by atoms with Gasteiger partial charge in [-0.05, 0) is 6.07 Å². The molecule has 2 rings (SSSR count). The molecular weight excluding hydrogens is 288 g/mol. The number of hydrogen-bond donors (Lipinski definition) is 2. The van der Waals surface area contributed by atoms with Crippen molar-refractivity contribution in [2.24, 2.45) is 0 Å². The molecule has 0 radical (unpaired) electrons. The van der Waals surface area contributed by atoms with Crippen LogP contribution >= 0.6 is 0 Å². The van der Waals surface area contributed by atoms with Crippen LogP contribution < -0.4 is 24.8 Å². The van der Waals surface area contributed by atoms with Crippen LogP contribution in [0.3, 0.4) is 0 Å². The third-order valence-corrected chi connectivity index (χ3v) is 3.48. The Morgan fingerprint density at radius 2 is 1.91 bits per heavy atom. The maximum atomic E-state index is 12.1. The Morgan fingerprint density at radius 3 is 2.50 bits per heavy atom. The van der Waals surface area contributed by atoms with Gasteiger partial charge in [-0.15, -0.1) is 0 Å². The fourth-order valence-electron chi connectivity index (χ4n) is 2.27. The molecule has 0 aromatic heterocycles. The smallest absolute Gasteiger partial charge is 0.239 e. The van der Waals surface area contributed by atoms with E-state index in [0.29, 0.717) is 43.6 Å². The summed E-state index contributed by atoms with van der Waals surface area (Å²) in [7, 11) is 4.70. The first-order valence-corrected chi connectivity index (χ1v) is 7.07. The number of nitrogens with one attached hydrogen (secondary N) is 2. The number of methoxy groups -OCH3 is 3. The van der Waals surface area contributed by atoms with E-state index >= 15 is 0 Å². The minimum absolute atomic E-state index is 0.100. The molecule has 2 N–H and O–H groups in total. The molecule has 0 aliphatic carbocycles. The van der Waals surface area contributed by atoms with E-state index in [1.165, 1.54) is 0 Å². The maximum absolute atomic E-state index is 12.1. The van der Waals surface area contributed by atoms with Crippen LogP contribution in [0.2, 0.25) is 0 Å². The number of benzene rings is 1. The third kappa shape index (κ3) is 3.80. The van der Waals surface area contributed by atoms with Crippen molar-refractivity contribution in [1.82, 2.24) is 10.6 Å². The summed E-state index contributed by atoms with van der Waals surface area (Å²) >= 11 is 0. The van der Waals surface area contributed by atoms with Gasteiger partial charge in [0.05, 0.1) is 34.5 Å². The van der Waals surface area contributed by atoms with Crippen LogP contribution in [0.1, 0.15) is 5.56 Å². The molecule has 1 atom stereocenters. The molecule has 22 heavy (non-hydrogen) atoms. The molecule has 1 fully saturated rings. The highest BCUT2D eigenvalue weighted by Gasteiger charge is 2.21. The number of carbonyl (C=O) groups excluding carboxylic acids is 1. The molecule has 122 valence electrons. The highest BCUT2D eigenvalue weighted by molar-refractivity contribution is 5.82. The second-order valence-corrected chi connectivity index (χ2v) is 4.82. The molecule has 1 unspecified atom stereocenters. The van der Waals surface area contributed by atoms with Gasteiger partial charge < -0.3 is 29.6 Å². The van der Waals surface area contributed by atoms with Crippen LogP contribution in [0.4, 0.5) is 0 Å². The Hall–Kier alpha value is -1.99. The Bertz CT molecular complexity index is 515. The molecule has 7 nitrogen and oxygen atoms in total. The van der Waals surface area contributed by atoms with Crippen molar-refractivity contribution < 1.29 is 23.7 Å². The van der Waals surface area contributed by atoms with Crippen molar-refractivity contribution in [1.29, 1.82) is 0 Å². The van der Waals surface area contributed by atoms with Gasteiger partial charge in [0.1, 0.15) is 11.8 Å². The molecule has 7 heteroatoms. The third-order valence-electron chi connectivity index (χ3n) is 3.48. The Morgan fingerprint density at radius 1 is 1.23 bits per heavy atom. The summed E-state index contributed by atoms with van der Waals surface area (Å²) in [5, 5.41) is 5.99. The lowest BCUT2D eigenvalue weighted by atomic mass is 10.1. The van der Waals surface area contributed by atoms with Crippen LogP contribution in [-0.4, -0.2) is 53.0 Å². The average molecular weight is 310 g/mol. The fourth-order valence-corrected chi connectivity index (χ4v) is 2.27. The number of ether oxygens (including phenoxy) is 4. The molecule has 1 aliphatic heterocycles. The summed E-state index contributed by atoms with van der Waals surface area (Å²) < 4.78 is 21.1. The minimum Gasteiger partial charge on any atom is -0.496 e. The average Bonchev–Trinajstić information content (AvgIpc) is 2.59. The van der Waals surface area contributed by atoms with Gasteiger partial charge >= 0.3 is 0 Å². The van der Waals surface area contributed by atoms with Crippen molar-refractivity contribution >= 4 is 5.91 Å². The number of hydrogen-bond acceptors (Lipinski definition) is 6. The first-order chi connectivity index (χ1) is 10.7. The van der Waals surface area contributed by atoms with E-state index in [-0.39, 0.29) is 11.9 Å². The molecule has 1 heterocycles. The predicted molar refractivity (Wildman–Crippen MR) is 80.6 cm³/mol. The van der Waals surface area contributed by atoms with E-state index in [1.54, 1.807) is 33.5 Å². The summed E-state index contributed by atoms with van der Waals surface area (Å²) in [6.45, 7) is 2.03. The van der Waals surface area contributed by atoms with E-state index in [2.05, 4.69) is 10.6 Å². The van der Waals surface area contributed by atoms with Crippen LogP contribution in [0, 0.1) is 0 Å². The van der Waals surface area contributed by atoms with Crippen LogP contribution in [-0.2, 0) is 16.1 Å². The van der Waals surface area contributed by atoms with Crippen LogP contribution in [0.15, 0.2) is 12.1 Å². The van der Waals surface area contributed by atoms with Crippen LogP contribution in [0.25, 0.3) is 0 Å². The van der Waals surface area contributed by atoms with Gasteiger partial charge in [-0.3, -0.25) is 4.79 Å². The number of carbonyl (C=O) groups is 1. The lowest BCUT2D eigenvalue weighted by molar-refractivity contribution is -0.126. The summed E-state index contributed by atoms with van der Waals surface area (Å²) in [5.74, 6) is 1.70. The molecule has 0 saturated carbocycles. The SMILES string of the molecule is COc1cc(OC)c(OC)cc1CNC(=O)C1COCCN1. The first-order valence-electron chi connectivity index (χ1n) is 7.07. The lowest BCUT2D eigenvalue weighted by Crippen LogP contribution is -2.51. The zero-order valence-electron chi connectivity index (χ0n) is 13.1. The molecule has 0 spiro atoms. The molecule has 0 bridgehead atoms. The van der Waals surface area contributed by atoms with Gasteiger partial charge in [-0.25, -0.2) is 0 Å². The maximum Gasteiger partial charge on any atom is 0.239 e. The van der Waals surface area contributed by atoms with Gasteiger partial charge in [0.2, 0.25) is 5.91 Å². The Kier molecular flexibility index (Phi) is 5.85. The van der Waals surface area contributed by atoms with Gasteiger partial charge in [-0.2, -0.15) is 0 Å². The van der Waals surface area contributed by atoms with Gasteiger partial charge in [0.25, 0.3) is 0 Å². The number of morpholine rings is 1. The zero-order valence-corrected chi connectivity index (χ0v) is 13.1. The monoisotopic (exact) mass is 310 g/mol. The second-order valence-electron chi connectivity index (χ2n) is 4.82. The van der Waals surface area contributed by atoms with Gasteiger partial charge in [-0.1, -0.05) is 0 Å². The highest BCUT2D eigenvalue weighted by Crippen LogP contribution is 2.34. The number of rotatable bonds is 6. The fraction of sp³-hybridized carbons (Fsp3) is 0.533. The molecule has 1 aliphatic rings. The molecule has 1 aromatic rings. The molecule has 1 saturated heterocycles. The summed E-state index contributed by atoms with van der Waals surface area (Å²) in [6.07, 6.45) is 0. The van der Waals surface area contributed by atoms with Crippen molar-refractivity contribution in [2.75, 3.05) is 41.1 Å². The topological polar surface area (TPSA) is 78.0 Å². The largest absolute Gasteiger partial charge is 0.496 e. The van der Waals surface area contributed by atoms with E-state index in [1.807, 2.05) is 0 Å². The Balaban J connectivity index is 2.06. The van der Waals surface area contributed by atoms with Crippen molar-refractivity contribution in [3.63, 3.8) is 0 Å². The first kappa shape index (κ1) is 16.4. The normalized spacial score (nSPS) is 17.7. The summed E-state index contributed by atoms with van der Waals surface area (Å²) in [5.41, 5.74) is 0.810. The standard InChI is InChI=1S/C15H22N2O5/c1-19-12-7-14(21-3)13(20-2)6-10(12)8-17-15(18)11-9-22-5-4-16-11/h6-7,11,16H,4-5,8-9H2,1-3H3,(H,17,18). The summed E-state index contributed by atoms with van der Waals surface area (Å²) in [6, 6.07) is 3.21. The van der Waals surface area contributed by atoms with E-state index in [0.717, 1.165) is 5.56 Å². The zero-order chi connectivity index (χ0) is 15.9. The van der Waals surface area contributed by atoms with Gasteiger partial charge in [0.15, 0.2) is 11.5 Å². The minimum atomic E-state index is -0.320. The van der Waals surface area contributed by atoms with Crippen LogP contribution in [0.5, 0.6) is 17.2 Å². The molecular formula is C15H22N2O5. The quantitative estimate of drug-likeness (QED) is 0.788. The predicted octanol–water partition coefficient (Wildman–Crippen LogP) is 0.317. The van der Waals surface area contributed by atoms with E-state index in [9.17, 15) is 4.79 Å². The van der Waals surface area contributed by atoms with E-state index < -0.39 is 0 Å². The van der Waals surface area contributed by atoms with Gasteiger partial charge in [0, 0.05) is 24.7 Å². The Labute approximate surface area is 129 Å². The van der Waals surface area contributed by atoms with Crippen molar-refractivity contribution in [3.05, 3.63) is 17.7 Å².